The minimum Gasteiger partial charge on any atom is -0.393 e. The van der Waals surface area contributed by atoms with E-state index in [0.717, 1.165) is 43.9 Å². The van der Waals surface area contributed by atoms with Crippen LogP contribution in [0.3, 0.4) is 0 Å². The van der Waals surface area contributed by atoms with Crippen molar-refractivity contribution in [1.82, 2.24) is 0 Å². The van der Waals surface area contributed by atoms with Crippen molar-refractivity contribution < 1.29 is 10.2 Å². The molecule has 0 bridgehead atoms. The molecule has 23 heavy (non-hydrogen) atoms. The van der Waals surface area contributed by atoms with Gasteiger partial charge in [0.15, 0.2) is 0 Å². The number of rotatable bonds is 0. The highest BCUT2D eigenvalue weighted by atomic mass is 16.3. The lowest BCUT2D eigenvalue weighted by atomic mass is 9.44. The molecule has 6 unspecified atom stereocenters. The number of hydrogen-bond acceptors (Lipinski definition) is 2. The first-order valence-electron chi connectivity index (χ1n) is 9.72. The maximum absolute atomic E-state index is 11.0. The van der Waals surface area contributed by atoms with Crippen molar-refractivity contribution >= 4 is 0 Å². The molecule has 0 saturated heterocycles. The third kappa shape index (κ3) is 1.96. The lowest BCUT2D eigenvalue weighted by Gasteiger charge is -2.61. The van der Waals surface area contributed by atoms with Crippen molar-refractivity contribution in [3.8, 4) is 12.3 Å². The first-order chi connectivity index (χ1) is 10.8. The summed E-state index contributed by atoms with van der Waals surface area (Å²) in [4.78, 5) is 0. The van der Waals surface area contributed by atoms with E-state index in [1.54, 1.807) is 0 Å². The van der Waals surface area contributed by atoms with E-state index in [4.69, 9.17) is 6.42 Å². The van der Waals surface area contributed by atoms with E-state index in [9.17, 15) is 10.2 Å². The molecule has 2 N–H and O–H groups in total. The van der Waals surface area contributed by atoms with Crippen LogP contribution < -0.4 is 0 Å². The molecule has 2 heteroatoms. The van der Waals surface area contributed by atoms with Gasteiger partial charge in [0.05, 0.1) is 6.10 Å². The Hall–Kier alpha value is -0.520. The zero-order valence-electron chi connectivity index (χ0n) is 14.7. The van der Waals surface area contributed by atoms with E-state index in [0.29, 0.717) is 17.3 Å². The molecule has 0 radical (unpaired) electrons. The average molecular weight is 316 g/mol. The summed E-state index contributed by atoms with van der Waals surface area (Å²) in [5.74, 6) is 5.56. The van der Waals surface area contributed by atoms with Gasteiger partial charge in [-0.25, -0.2) is 0 Å². The van der Waals surface area contributed by atoms with Crippen LogP contribution in [0.25, 0.3) is 0 Å². The van der Waals surface area contributed by atoms with Crippen LogP contribution in [0.2, 0.25) is 0 Å². The van der Waals surface area contributed by atoms with Crippen molar-refractivity contribution in [2.45, 2.75) is 83.3 Å². The summed E-state index contributed by atoms with van der Waals surface area (Å²) in [5.41, 5.74) is -0.566. The second-order valence-electron chi connectivity index (χ2n) is 9.58. The van der Waals surface area contributed by atoms with Crippen LogP contribution in [0.15, 0.2) is 0 Å². The SMILES string of the molecule is C#CC1(O)CCC2C3CCC4CC(O)CC[C@]4(C)C3CC[C@@]21C. The molecule has 4 saturated carbocycles. The number of hydrogen-bond donors (Lipinski definition) is 2. The van der Waals surface area contributed by atoms with Crippen LogP contribution in [-0.2, 0) is 0 Å². The van der Waals surface area contributed by atoms with E-state index < -0.39 is 5.60 Å². The van der Waals surface area contributed by atoms with Gasteiger partial charge in [-0.05, 0) is 86.9 Å². The van der Waals surface area contributed by atoms with Crippen LogP contribution in [-0.4, -0.2) is 21.9 Å². The Morgan fingerprint density at radius 2 is 1.70 bits per heavy atom. The first-order valence-corrected chi connectivity index (χ1v) is 9.72. The Morgan fingerprint density at radius 1 is 0.957 bits per heavy atom. The molecular weight excluding hydrogens is 284 g/mol. The molecule has 0 aromatic carbocycles. The van der Waals surface area contributed by atoms with Gasteiger partial charge in [0, 0.05) is 5.41 Å². The highest BCUT2D eigenvalue weighted by Crippen LogP contribution is 2.68. The van der Waals surface area contributed by atoms with E-state index in [2.05, 4.69) is 19.8 Å². The van der Waals surface area contributed by atoms with Crippen molar-refractivity contribution in [2.75, 3.05) is 0 Å². The molecule has 4 aliphatic rings. The van der Waals surface area contributed by atoms with Crippen LogP contribution >= 0.6 is 0 Å². The average Bonchev–Trinajstić information content (AvgIpc) is 2.80. The van der Waals surface area contributed by atoms with Gasteiger partial charge in [0.1, 0.15) is 5.60 Å². The maximum atomic E-state index is 11.0. The molecule has 0 aromatic heterocycles. The standard InChI is InChI=1S/C21H32O2/c1-4-21(23)12-9-18-16-6-5-14-13-15(22)7-10-19(14,2)17(16)8-11-20(18,21)3/h1,14-18,22-23H,5-13H2,2-3H3/t14?,15?,16?,17?,18?,19-,20-,21?/m0/s1. The molecule has 4 rings (SSSR count). The van der Waals surface area contributed by atoms with Gasteiger partial charge in [0.2, 0.25) is 0 Å². The molecule has 0 amide bonds. The highest BCUT2D eigenvalue weighted by Gasteiger charge is 2.64. The van der Waals surface area contributed by atoms with Crippen LogP contribution in [0.1, 0.15) is 71.6 Å². The predicted molar refractivity (Wildman–Crippen MR) is 91.5 cm³/mol. The summed E-state index contributed by atoms with van der Waals surface area (Å²) >= 11 is 0. The van der Waals surface area contributed by atoms with Crippen LogP contribution in [0.5, 0.6) is 0 Å². The highest BCUT2D eigenvalue weighted by molar-refractivity contribution is 5.23. The number of aliphatic hydroxyl groups excluding tert-OH is 1. The zero-order chi connectivity index (χ0) is 16.5. The van der Waals surface area contributed by atoms with E-state index in [1.807, 2.05) is 0 Å². The Bertz CT molecular complexity index is 536. The fourth-order valence-corrected chi connectivity index (χ4v) is 7.49. The third-order valence-corrected chi connectivity index (χ3v) is 9.03. The molecular formula is C21H32O2. The van der Waals surface area contributed by atoms with Gasteiger partial charge in [-0.2, -0.15) is 0 Å². The molecule has 0 aliphatic heterocycles. The summed E-state index contributed by atoms with van der Waals surface area (Å²) in [6.45, 7) is 4.77. The normalized spacial score (nSPS) is 58.7. The topological polar surface area (TPSA) is 40.5 Å². The number of terminal acetylenes is 1. The Labute approximate surface area is 141 Å². The second kappa shape index (κ2) is 4.99. The summed E-state index contributed by atoms with van der Waals surface area (Å²) < 4.78 is 0. The first kappa shape index (κ1) is 16.0. The quantitative estimate of drug-likeness (QED) is 0.668. The van der Waals surface area contributed by atoms with Crippen molar-refractivity contribution in [1.29, 1.82) is 0 Å². The maximum Gasteiger partial charge on any atom is 0.130 e. The molecule has 4 fully saturated rings. The van der Waals surface area contributed by atoms with Crippen LogP contribution in [0, 0.1) is 46.8 Å². The molecule has 128 valence electrons. The molecule has 0 spiro atoms. The van der Waals surface area contributed by atoms with Gasteiger partial charge in [-0.3, -0.25) is 0 Å². The molecule has 2 nitrogen and oxygen atoms in total. The fourth-order valence-electron chi connectivity index (χ4n) is 7.49. The van der Waals surface area contributed by atoms with Gasteiger partial charge in [-0.1, -0.05) is 19.8 Å². The lowest BCUT2D eigenvalue weighted by Crippen LogP contribution is -2.56. The summed E-state index contributed by atoms with van der Waals surface area (Å²) in [6, 6.07) is 0. The predicted octanol–water partition coefficient (Wildman–Crippen LogP) is 3.75. The smallest absolute Gasteiger partial charge is 0.130 e. The molecule has 0 heterocycles. The summed E-state index contributed by atoms with van der Waals surface area (Å²) in [6.07, 6.45) is 15.6. The molecule has 0 aromatic rings. The Kier molecular flexibility index (Phi) is 3.47. The molecule has 4 aliphatic carbocycles. The van der Waals surface area contributed by atoms with Gasteiger partial charge in [0.25, 0.3) is 0 Å². The van der Waals surface area contributed by atoms with E-state index >= 15 is 0 Å². The summed E-state index contributed by atoms with van der Waals surface area (Å²) in [5, 5.41) is 21.1. The van der Waals surface area contributed by atoms with Crippen molar-refractivity contribution in [3.05, 3.63) is 0 Å². The lowest BCUT2D eigenvalue weighted by molar-refractivity contribution is -0.144. The monoisotopic (exact) mass is 316 g/mol. The Morgan fingerprint density at radius 3 is 2.43 bits per heavy atom. The third-order valence-electron chi connectivity index (χ3n) is 9.03. The zero-order valence-corrected chi connectivity index (χ0v) is 14.7. The van der Waals surface area contributed by atoms with E-state index in [-0.39, 0.29) is 11.5 Å². The van der Waals surface area contributed by atoms with Crippen LogP contribution in [0.4, 0.5) is 0 Å². The minimum atomic E-state index is -0.886. The van der Waals surface area contributed by atoms with Crippen molar-refractivity contribution in [2.24, 2.45) is 34.5 Å². The van der Waals surface area contributed by atoms with Gasteiger partial charge in [-0.15, -0.1) is 6.42 Å². The van der Waals surface area contributed by atoms with E-state index in [1.165, 1.54) is 25.7 Å². The number of fused-ring (bicyclic) bond motifs is 5. The second-order valence-corrected chi connectivity index (χ2v) is 9.58. The summed E-state index contributed by atoms with van der Waals surface area (Å²) in [7, 11) is 0. The molecule has 8 atom stereocenters. The number of aliphatic hydroxyl groups is 2. The van der Waals surface area contributed by atoms with Gasteiger partial charge < -0.3 is 10.2 Å². The largest absolute Gasteiger partial charge is 0.393 e. The van der Waals surface area contributed by atoms with Gasteiger partial charge >= 0.3 is 0 Å². The Balaban J connectivity index is 1.65. The van der Waals surface area contributed by atoms with Crippen molar-refractivity contribution in [3.63, 3.8) is 0 Å². The minimum absolute atomic E-state index is 0.0727. The fraction of sp³-hybridized carbons (Fsp3) is 0.905.